The van der Waals surface area contributed by atoms with Crippen LogP contribution in [-0.4, -0.2) is 35.7 Å². The summed E-state index contributed by atoms with van der Waals surface area (Å²) in [6.07, 6.45) is 3.35. The Hall–Kier alpha value is -4.92. The molecule has 9 nitrogen and oxygen atoms in total. The quantitative estimate of drug-likeness (QED) is 0.245. The average Bonchev–Trinajstić information content (AvgIpc) is 3.38. The molecule has 9 heteroatoms. The fourth-order valence-corrected chi connectivity index (χ4v) is 4.71. The number of ketones is 2. The lowest BCUT2D eigenvalue weighted by Crippen LogP contribution is -2.29. The van der Waals surface area contributed by atoms with E-state index in [2.05, 4.69) is 15.0 Å². The number of pyridine rings is 1. The summed E-state index contributed by atoms with van der Waals surface area (Å²) in [5, 5.41) is 0. The Morgan fingerprint density at radius 2 is 1.72 bits per heavy atom. The Labute approximate surface area is 223 Å². The van der Waals surface area contributed by atoms with Crippen molar-refractivity contribution in [3.63, 3.8) is 0 Å². The van der Waals surface area contributed by atoms with E-state index < -0.39 is 11.2 Å². The van der Waals surface area contributed by atoms with Gasteiger partial charge in [0, 0.05) is 18.8 Å². The first-order chi connectivity index (χ1) is 18.7. The molecule has 1 atom stereocenters. The molecular weight excluding hydrogens is 494 g/mol. The molecule has 196 valence electrons. The molecule has 0 aliphatic carbocycles. The molecule has 0 aliphatic rings. The second-order valence-corrected chi connectivity index (χ2v) is 9.69. The summed E-state index contributed by atoms with van der Waals surface area (Å²) in [7, 11) is 1.57. The average molecular weight is 522 g/mol. The Kier molecular flexibility index (Phi) is 6.89. The van der Waals surface area contributed by atoms with Crippen LogP contribution in [0.3, 0.4) is 0 Å². The topological polar surface area (TPSA) is 120 Å². The van der Waals surface area contributed by atoms with Crippen LogP contribution in [0.25, 0.3) is 11.2 Å². The second kappa shape index (κ2) is 10.4. The molecule has 5 aromatic rings. The van der Waals surface area contributed by atoms with Crippen LogP contribution in [0, 0.1) is 6.92 Å². The van der Waals surface area contributed by atoms with Crippen LogP contribution in [0.15, 0.2) is 82.8 Å². The van der Waals surface area contributed by atoms with Crippen molar-refractivity contribution in [2.45, 2.75) is 32.7 Å². The fraction of sp³-hybridized carbons (Fsp3) is 0.200. The third kappa shape index (κ3) is 5.24. The molecule has 1 N–H and O–H groups in total. The van der Waals surface area contributed by atoms with Crippen LogP contribution < -0.4 is 11.2 Å². The van der Waals surface area contributed by atoms with E-state index in [-0.39, 0.29) is 35.2 Å². The molecule has 0 saturated heterocycles. The molecule has 0 fully saturated rings. The Morgan fingerprint density at radius 1 is 0.949 bits per heavy atom. The summed E-state index contributed by atoms with van der Waals surface area (Å²) in [5.74, 6) is -0.660. The van der Waals surface area contributed by atoms with E-state index in [0.29, 0.717) is 17.6 Å². The number of H-pyrrole nitrogens is 1. The van der Waals surface area contributed by atoms with Gasteiger partial charge in [0.25, 0.3) is 5.56 Å². The van der Waals surface area contributed by atoms with E-state index in [1.54, 1.807) is 36.0 Å². The monoisotopic (exact) mass is 521 g/mol. The highest BCUT2D eigenvalue weighted by Gasteiger charge is 2.21. The number of nitrogens with zero attached hydrogens (tertiary/aromatic N) is 4. The SMILES string of the molecule is Cc1ccnc(C(=O)CC(=O)c2cc(Cc3ccccc3)cc(C(C)n3cnc4c(=O)[nH]c(=O)n(C)c43)c2)c1. The molecule has 0 aliphatic heterocycles. The van der Waals surface area contributed by atoms with Crippen LogP contribution in [0.4, 0.5) is 0 Å². The predicted molar refractivity (Wildman–Crippen MR) is 147 cm³/mol. The van der Waals surface area contributed by atoms with E-state index in [4.69, 9.17) is 0 Å². The van der Waals surface area contributed by atoms with Crippen LogP contribution in [-0.2, 0) is 13.5 Å². The Balaban J connectivity index is 1.56. The summed E-state index contributed by atoms with van der Waals surface area (Å²) in [5.41, 5.74) is 3.72. The van der Waals surface area contributed by atoms with Gasteiger partial charge in [-0.25, -0.2) is 9.78 Å². The third-order valence-corrected chi connectivity index (χ3v) is 6.84. The van der Waals surface area contributed by atoms with Gasteiger partial charge in [-0.05, 0) is 66.8 Å². The minimum Gasteiger partial charge on any atom is -0.309 e. The number of aromatic nitrogens is 5. The number of imidazole rings is 1. The fourth-order valence-electron chi connectivity index (χ4n) is 4.71. The molecule has 0 amide bonds. The third-order valence-electron chi connectivity index (χ3n) is 6.84. The highest BCUT2D eigenvalue weighted by atomic mass is 16.2. The number of nitrogens with one attached hydrogen (secondary N) is 1. The van der Waals surface area contributed by atoms with E-state index in [0.717, 1.165) is 22.3 Å². The Morgan fingerprint density at radius 3 is 2.46 bits per heavy atom. The van der Waals surface area contributed by atoms with Gasteiger partial charge in [-0.15, -0.1) is 0 Å². The lowest BCUT2D eigenvalue weighted by molar-refractivity contribution is 0.0891. The van der Waals surface area contributed by atoms with Crippen molar-refractivity contribution in [1.29, 1.82) is 0 Å². The molecular formula is C30H27N5O4. The first-order valence-electron chi connectivity index (χ1n) is 12.5. The first-order valence-corrected chi connectivity index (χ1v) is 12.5. The normalized spacial score (nSPS) is 12.0. The van der Waals surface area contributed by atoms with Crippen molar-refractivity contribution in [3.05, 3.63) is 128 Å². The summed E-state index contributed by atoms with van der Waals surface area (Å²) in [6, 6.07) is 18.5. The first kappa shape index (κ1) is 25.7. The number of benzene rings is 2. The molecule has 2 aromatic carbocycles. The van der Waals surface area contributed by atoms with Crippen molar-refractivity contribution < 1.29 is 9.59 Å². The van der Waals surface area contributed by atoms with Crippen LogP contribution in [0.1, 0.15) is 62.5 Å². The highest BCUT2D eigenvalue weighted by molar-refractivity contribution is 6.13. The van der Waals surface area contributed by atoms with Gasteiger partial charge in [0.05, 0.1) is 18.8 Å². The van der Waals surface area contributed by atoms with E-state index in [9.17, 15) is 19.2 Å². The van der Waals surface area contributed by atoms with Gasteiger partial charge in [-0.2, -0.15) is 0 Å². The van der Waals surface area contributed by atoms with E-state index in [1.165, 1.54) is 10.9 Å². The van der Waals surface area contributed by atoms with Crippen molar-refractivity contribution in [3.8, 4) is 0 Å². The minimum atomic E-state index is -0.559. The van der Waals surface area contributed by atoms with Crippen LogP contribution >= 0.6 is 0 Å². The number of carbonyl (C=O) groups excluding carboxylic acids is 2. The molecule has 1 unspecified atom stereocenters. The van der Waals surface area contributed by atoms with Gasteiger partial charge in [-0.3, -0.25) is 28.9 Å². The lowest BCUT2D eigenvalue weighted by Gasteiger charge is -2.18. The van der Waals surface area contributed by atoms with Gasteiger partial charge >= 0.3 is 5.69 Å². The van der Waals surface area contributed by atoms with Gasteiger partial charge in [-0.1, -0.05) is 36.4 Å². The predicted octanol–water partition coefficient (Wildman–Crippen LogP) is 3.78. The van der Waals surface area contributed by atoms with Crippen molar-refractivity contribution in [2.75, 3.05) is 0 Å². The molecule has 0 spiro atoms. The maximum Gasteiger partial charge on any atom is 0.329 e. The zero-order valence-electron chi connectivity index (χ0n) is 21.8. The number of carbonyl (C=O) groups is 2. The highest BCUT2D eigenvalue weighted by Crippen LogP contribution is 2.26. The molecule has 5 rings (SSSR count). The molecule has 0 bridgehead atoms. The van der Waals surface area contributed by atoms with Gasteiger partial charge < -0.3 is 4.57 Å². The number of aromatic amines is 1. The van der Waals surface area contributed by atoms with Crippen molar-refractivity contribution in [2.24, 2.45) is 7.05 Å². The number of rotatable bonds is 8. The van der Waals surface area contributed by atoms with E-state index in [1.807, 2.05) is 56.3 Å². The van der Waals surface area contributed by atoms with Crippen LogP contribution in [0.2, 0.25) is 0 Å². The largest absolute Gasteiger partial charge is 0.329 e. The van der Waals surface area contributed by atoms with Gasteiger partial charge in [0.1, 0.15) is 11.3 Å². The maximum absolute atomic E-state index is 13.4. The van der Waals surface area contributed by atoms with Crippen LogP contribution in [0.5, 0.6) is 0 Å². The standard InChI is InChI=1S/C30H27N5O4/c1-18-9-10-31-24(11-18)26(37)16-25(36)23-14-21(12-20-7-5-4-6-8-20)13-22(15-23)19(2)35-17-32-27-28(38)33-30(39)34(3)29(27)35/h4-11,13-15,17,19H,12,16H2,1-3H3,(H,33,38,39). The number of fused-ring (bicyclic) bond motifs is 1. The van der Waals surface area contributed by atoms with Crippen molar-refractivity contribution >= 4 is 22.7 Å². The lowest BCUT2D eigenvalue weighted by atomic mass is 9.94. The molecule has 3 aromatic heterocycles. The molecule has 0 radical (unpaired) electrons. The van der Waals surface area contributed by atoms with Crippen molar-refractivity contribution in [1.82, 2.24) is 24.1 Å². The molecule has 39 heavy (non-hydrogen) atoms. The van der Waals surface area contributed by atoms with Gasteiger partial charge in [0.15, 0.2) is 17.1 Å². The number of hydrogen-bond donors (Lipinski definition) is 1. The maximum atomic E-state index is 13.4. The number of aryl methyl sites for hydroxylation is 2. The smallest absolute Gasteiger partial charge is 0.309 e. The van der Waals surface area contributed by atoms with Gasteiger partial charge in [0.2, 0.25) is 0 Å². The molecule has 3 heterocycles. The zero-order chi connectivity index (χ0) is 27.7. The summed E-state index contributed by atoms with van der Waals surface area (Å²) in [4.78, 5) is 61.5. The summed E-state index contributed by atoms with van der Waals surface area (Å²) in [6.45, 7) is 3.77. The Bertz CT molecular complexity index is 1830. The van der Waals surface area contributed by atoms with E-state index >= 15 is 0 Å². The summed E-state index contributed by atoms with van der Waals surface area (Å²) < 4.78 is 3.08. The minimum absolute atomic E-state index is 0.150. The zero-order valence-corrected chi connectivity index (χ0v) is 21.8. The second-order valence-electron chi connectivity index (χ2n) is 9.69. The molecule has 0 saturated carbocycles. The number of hydrogen-bond acceptors (Lipinski definition) is 6. The summed E-state index contributed by atoms with van der Waals surface area (Å²) >= 11 is 0. The number of Topliss-reactive ketones (excluding diaryl/α,β-unsaturated/α-hetero) is 2.